The third kappa shape index (κ3) is 4.58. The molecule has 0 aliphatic rings. The minimum absolute atomic E-state index is 0.105. The van der Waals surface area contributed by atoms with Crippen LogP contribution in [0.25, 0.3) is 10.8 Å². The highest BCUT2D eigenvalue weighted by Crippen LogP contribution is 2.32. The average molecular weight is 349 g/mol. The van der Waals surface area contributed by atoms with Crippen molar-refractivity contribution in [1.82, 2.24) is 0 Å². The van der Waals surface area contributed by atoms with Crippen LogP contribution in [0.1, 0.15) is 63.5 Å². The van der Waals surface area contributed by atoms with Gasteiger partial charge in [0.15, 0.2) is 0 Å². The van der Waals surface area contributed by atoms with Gasteiger partial charge in [0.1, 0.15) is 4.90 Å². The molecule has 0 unspecified atom stereocenters. The number of hydrogen-bond donors (Lipinski definition) is 1. The summed E-state index contributed by atoms with van der Waals surface area (Å²) in [5.74, 6) is 0. The first-order valence-electron chi connectivity index (χ1n) is 9.00. The summed E-state index contributed by atoms with van der Waals surface area (Å²) >= 11 is 0. The summed E-state index contributed by atoms with van der Waals surface area (Å²) in [5, 5.41) is 1.60. The van der Waals surface area contributed by atoms with E-state index in [1.165, 1.54) is 12.0 Å². The highest BCUT2D eigenvalue weighted by Gasteiger charge is 2.21. The molecule has 2 aromatic carbocycles. The fourth-order valence-electron chi connectivity index (χ4n) is 3.32. The molecule has 1 N–H and O–H groups in total. The average Bonchev–Trinajstić information content (AvgIpc) is 2.54. The highest BCUT2D eigenvalue weighted by molar-refractivity contribution is 7.86. The maximum absolute atomic E-state index is 12.0. The fourth-order valence-corrected chi connectivity index (χ4v) is 4.26. The summed E-state index contributed by atoms with van der Waals surface area (Å²) in [5.41, 5.74) is 1.95. The number of aryl methyl sites for hydroxylation is 2. The number of rotatable bonds is 9. The summed E-state index contributed by atoms with van der Waals surface area (Å²) in [6, 6.07) is 9.54. The van der Waals surface area contributed by atoms with Crippen LogP contribution >= 0.6 is 0 Å². The zero-order valence-electron chi connectivity index (χ0n) is 14.7. The lowest BCUT2D eigenvalue weighted by Gasteiger charge is -2.15. The van der Waals surface area contributed by atoms with Crippen molar-refractivity contribution >= 4 is 20.9 Å². The van der Waals surface area contributed by atoms with E-state index in [1.54, 1.807) is 0 Å². The molecule has 4 heteroatoms. The molecule has 0 amide bonds. The summed E-state index contributed by atoms with van der Waals surface area (Å²) in [4.78, 5) is 0.105. The quantitative estimate of drug-likeness (QED) is 0.477. The smallest absolute Gasteiger partial charge is 0.282 e. The van der Waals surface area contributed by atoms with Crippen LogP contribution in [0, 0.1) is 0 Å². The van der Waals surface area contributed by atoms with Gasteiger partial charge < -0.3 is 0 Å². The van der Waals surface area contributed by atoms with Crippen molar-refractivity contribution in [2.45, 2.75) is 70.1 Å². The summed E-state index contributed by atoms with van der Waals surface area (Å²) in [6.07, 6.45) is 8.13. The van der Waals surface area contributed by atoms with Gasteiger partial charge >= 0.3 is 0 Å². The molecular formula is C20H28O3S. The molecule has 24 heavy (non-hydrogen) atoms. The normalized spacial score (nSPS) is 12.0. The van der Waals surface area contributed by atoms with E-state index in [9.17, 15) is 13.0 Å². The largest absolute Gasteiger partial charge is 0.295 e. The van der Waals surface area contributed by atoms with Crippen molar-refractivity contribution in [3.05, 3.63) is 41.5 Å². The first-order valence-corrected chi connectivity index (χ1v) is 10.4. The minimum Gasteiger partial charge on any atom is -0.282 e. The first-order chi connectivity index (χ1) is 11.5. The second-order valence-electron chi connectivity index (χ2n) is 6.46. The highest BCUT2D eigenvalue weighted by atomic mass is 32.2. The van der Waals surface area contributed by atoms with E-state index in [-0.39, 0.29) is 4.90 Å². The maximum atomic E-state index is 12.0. The predicted octanol–water partition coefficient (Wildman–Crippen LogP) is 5.55. The molecule has 0 aromatic heterocycles. The van der Waals surface area contributed by atoms with E-state index < -0.39 is 10.1 Å². The Morgan fingerprint density at radius 2 is 1.38 bits per heavy atom. The molecule has 0 saturated carbocycles. The maximum Gasteiger partial charge on any atom is 0.295 e. The lowest BCUT2D eigenvalue weighted by atomic mass is 9.94. The van der Waals surface area contributed by atoms with E-state index in [0.717, 1.165) is 49.5 Å². The number of fused-ring (bicyclic) bond motifs is 1. The zero-order chi connectivity index (χ0) is 17.6. The van der Waals surface area contributed by atoms with Crippen molar-refractivity contribution in [1.29, 1.82) is 0 Å². The molecule has 2 rings (SSSR count). The third-order valence-corrected chi connectivity index (χ3v) is 5.51. The molecule has 0 radical (unpaired) electrons. The molecule has 0 heterocycles. The fraction of sp³-hybridized carbons (Fsp3) is 0.500. The summed E-state index contributed by atoms with van der Waals surface area (Å²) in [7, 11) is -4.24. The molecule has 0 atom stereocenters. The van der Waals surface area contributed by atoms with Crippen molar-refractivity contribution in [2.75, 3.05) is 0 Å². The Labute approximate surface area is 145 Å². The van der Waals surface area contributed by atoms with Gasteiger partial charge in [-0.25, -0.2) is 0 Å². The van der Waals surface area contributed by atoms with Gasteiger partial charge in [-0.15, -0.1) is 0 Å². The van der Waals surface area contributed by atoms with Crippen LogP contribution in [0.3, 0.4) is 0 Å². The monoisotopic (exact) mass is 348 g/mol. The Bertz CT molecular complexity index is 779. The molecular weight excluding hydrogens is 320 g/mol. The van der Waals surface area contributed by atoms with Crippen molar-refractivity contribution in [3.63, 3.8) is 0 Å². The van der Waals surface area contributed by atoms with Crippen LogP contribution < -0.4 is 0 Å². The summed E-state index contributed by atoms with van der Waals surface area (Å²) in [6.45, 7) is 4.30. The van der Waals surface area contributed by atoms with Gasteiger partial charge in [0.05, 0.1) is 0 Å². The third-order valence-electron chi connectivity index (χ3n) is 4.52. The topological polar surface area (TPSA) is 54.4 Å². The van der Waals surface area contributed by atoms with Gasteiger partial charge in [0, 0.05) is 5.39 Å². The van der Waals surface area contributed by atoms with E-state index in [0.29, 0.717) is 11.8 Å². The van der Waals surface area contributed by atoms with Crippen molar-refractivity contribution < 1.29 is 13.0 Å². The van der Waals surface area contributed by atoms with Gasteiger partial charge in [0.2, 0.25) is 0 Å². The van der Waals surface area contributed by atoms with Gasteiger partial charge in [-0.1, -0.05) is 69.9 Å². The van der Waals surface area contributed by atoms with Crippen LogP contribution in [0.5, 0.6) is 0 Å². The molecule has 0 aliphatic carbocycles. The van der Waals surface area contributed by atoms with E-state index in [4.69, 9.17) is 0 Å². The molecule has 0 aliphatic heterocycles. The first kappa shape index (κ1) is 18.9. The van der Waals surface area contributed by atoms with Crippen LogP contribution in [-0.2, 0) is 23.0 Å². The molecule has 132 valence electrons. The van der Waals surface area contributed by atoms with Crippen molar-refractivity contribution in [2.24, 2.45) is 0 Å². The van der Waals surface area contributed by atoms with Crippen LogP contribution in [-0.4, -0.2) is 13.0 Å². The van der Waals surface area contributed by atoms with E-state index >= 15 is 0 Å². The standard InChI is InChI=1S/C20H28O3S/c1-3-5-7-11-16-15-17(12-8-6-4-2)20(24(21,22)23)19-14-10-9-13-18(16)19/h9-10,13-15H,3-8,11-12H2,1-2H3,(H,21,22,23). The molecule has 0 saturated heterocycles. The lowest BCUT2D eigenvalue weighted by Crippen LogP contribution is -2.06. The number of hydrogen-bond acceptors (Lipinski definition) is 2. The molecule has 0 spiro atoms. The van der Waals surface area contributed by atoms with Crippen LogP contribution in [0.4, 0.5) is 0 Å². The Morgan fingerprint density at radius 3 is 1.92 bits per heavy atom. The molecule has 0 fully saturated rings. The molecule has 2 aromatic rings. The summed E-state index contributed by atoms with van der Waals surface area (Å²) < 4.78 is 33.9. The second kappa shape index (κ2) is 8.63. The molecule has 3 nitrogen and oxygen atoms in total. The Balaban J connectivity index is 2.58. The minimum atomic E-state index is -4.24. The Kier molecular flexibility index (Phi) is 6.81. The van der Waals surface area contributed by atoms with Gasteiger partial charge in [-0.05, 0) is 42.2 Å². The van der Waals surface area contributed by atoms with Gasteiger partial charge in [-0.3, -0.25) is 4.55 Å². The van der Waals surface area contributed by atoms with E-state index in [1.807, 2.05) is 30.3 Å². The van der Waals surface area contributed by atoms with Crippen molar-refractivity contribution in [3.8, 4) is 0 Å². The second-order valence-corrected chi connectivity index (χ2v) is 7.82. The zero-order valence-corrected chi connectivity index (χ0v) is 15.5. The molecule has 0 bridgehead atoms. The number of unbranched alkanes of at least 4 members (excludes halogenated alkanes) is 4. The predicted molar refractivity (Wildman–Crippen MR) is 100 cm³/mol. The lowest BCUT2D eigenvalue weighted by molar-refractivity contribution is 0.483. The van der Waals surface area contributed by atoms with Gasteiger partial charge in [0.25, 0.3) is 10.1 Å². The van der Waals surface area contributed by atoms with Crippen LogP contribution in [0.2, 0.25) is 0 Å². The van der Waals surface area contributed by atoms with Crippen LogP contribution in [0.15, 0.2) is 35.2 Å². The van der Waals surface area contributed by atoms with Gasteiger partial charge in [-0.2, -0.15) is 8.42 Å². The number of benzene rings is 2. The Morgan fingerprint density at radius 1 is 0.833 bits per heavy atom. The SMILES string of the molecule is CCCCCc1cc(CCCCC)c2ccccc2c1S(=O)(=O)O. The van der Waals surface area contributed by atoms with E-state index in [2.05, 4.69) is 13.8 Å². The Hall–Kier alpha value is -1.39.